The average molecular weight is 368 g/mol. The van der Waals surface area contributed by atoms with Crippen molar-refractivity contribution in [2.75, 3.05) is 11.1 Å². The van der Waals surface area contributed by atoms with Gasteiger partial charge in [-0.3, -0.25) is 25.2 Å². The van der Waals surface area contributed by atoms with E-state index < -0.39 is 5.25 Å². The molecule has 0 radical (unpaired) electrons. The molecule has 1 heterocycles. The number of carbonyl (C=O) groups excluding carboxylic acids is 3. The number of hydrazine groups is 1. The second-order valence-corrected chi connectivity index (χ2v) is 7.47. The maximum absolute atomic E-state index is 12.0. The van der Waals surface area contributed by atoms with E-state index in [2.05, 4.69) is 21.3 Å². The first-order chi connectivity index (χ1) is 12.0. The molecule has 138 valence electrons. The zero-order chi connectivity index (χ0) is 18.2. The largest absolute Gasteiger partial charge is 0.360 e. The Hall–Kier alpha value is -2.03. The molecule has 1 aliphatic carbocycles. The Labute approximate surface area is 150 Å². The van der Waals surface area contributed by atoms with Gasteiger partial charge in [-0.25, -0.2) is 0 Å². The number of aryl methyl sites for hydroxylation is 1. The molecule has 1 saturated carbocycles. The van der Waals surface area contributed by atoms with Crippen molar-refractivity contribution in [2.24, 2.45) is 5.92 Å². The Morgan fingerprint density at radius 2 is 2.00 bits per heavy atom. The number of thioether (sulfide) groups is 1. The van der Waals surface area contributed by atoms with Crippen LogP contribution in [0.15, 0.2) is 10.6 Å². The van der Waals surface area contributed by atoms with E-state index in [-0.39, 0.29) is 29.4 Å². The fourth-order valence-corrected chi connectivity index (χ4v) is 3.25. The molecule has 1 aromatic rings. The molecular formula is C16H24N4O4S. The van der Waals surface area contributed by atoms with Crippen molar-refractivity contribution in [3.05, 3.63) is 11.8 Å². The summed E-state index contributed by atoms with van der Waals surface area (Å²) < 4.78 is 4.87. The van der Waals surface area contributed by atoms with Crippen LogP contribution in [0.3, 0.4) is 0 Å². The van der Waals surface area contributed by atoms with Gasteiger partial charge < -0.3 is 9.84 Å². The Kier molecular flexibility index (Phi) is 7.30. The first-order valence-corrected chi connectivity index (χ1v) is 9.45. The summed E-state index contributed by atoms with van der Waals surface area (Å²) >= 11 is 1.17. The fourth-order valence-electron chi connectivity index (χ4n) is 2.56. The van der Waals surface area contributed by atoms with Gasteiger partial charge >= 0.3 is 0 Å². The molecule has 25 heavy (non-hydrogen) atoms. The van der Waals surface area contributed by atoms with E-state index in [0.29, 0.717) is 11.6 Å². The van der Waals surface area contributed by atoms with Gasteiger partial charge in [-0.15, -0.1) is 11.8 Å². The van der Waals surface area contributed by atoms with Crippen molar-refractivity contribution in [3.63, 3.8) is 0 Å². The molecule has 0 spiro atoms. The van der Waals surface area contributed by atoms with Gasteiger partial charge in [0.05, 0.1) is 11.0 Å². The minimum atomic E-state index is -0.447. The van der Waals surface area contributed by atoms with Gasteiger partial charge in [-0.1, -0.05) is 24.4 Å². The third-order valence-corrected chi connectivity index (χ3v) is 5.16. The monoisotopic (exact) mass is 368 g/mol. The summed E-state index contributed by atoms with van der Waals surface area (Å²) in [7, 11) is 0. The van der Waals surface area contributed by atoms with Gasteiger partial charge in [0, 0.05) is 12.0 Å². The van der Waals surface area contributed by atoms with E-state index in [0.717, 1.165) is 25.7 Å². The summed E-state index contributed by atoms with van der Waals surface area (Å²) in [5.74, 6) is 0.256. The van der Waals surface area contributed by atoms with E-state index in [1.165, 1.54) is 18.2 Å². The summed E-state index contributed by atoms with van der Waals surface area (Å²) in [5.41, 5.74) is 4.88. The summed E-state index contributed by atoms with van der Waals surface area (Å²) in [6.07, 6.45) is 5.02. The van der Waals surface area contributed by atoms with Gasteiger partial charge in [0.25, 0.3) is 0 Å². The molecule has 0 saturated heterocycles. The van der Waals surface area contributed by atoms with Crippen LogP contribution in [0.1, 0.15) is 44.8 Å². The molecule has 9 heteroatoms. The summed E-state index contributed by atoms with van der Waals surface area (Å²) in [5, 5.41) is 5.85. The minimum absolute atomic E-state index is 0.0164. The molecule has 1 atom stereocenters. The third-order valence-electron chi connectivity index (χ3n) is 4.01. The summed E-state index contributed by atoms with van der Waals surface area (Å²) in [6, 6.07) is 1.61. The topological polar surface area (TPSA) is 113 Å². The third kappa shape index (κ3) is 6.41. The number of anilines is 1. The lowest BCUT2D eigenvalue weighted by Gasteiger charge is -2.20. The predicted octanol–water partition coefficient (Wildman–Crippen LogP) is 1.77. The first-order valence-electron chi connectivity index (χ1n) is 8.40. The van der Waals surface area contributed by atoms with Crippen molar-refractivity contribution in [2.45, 2.75) is 51.2 Å². The van der Waals surface area contributed by atoms with E-state index in [9.17, 15) is 14.4 Å². The number of hydrogen-bond acceptors (Lipinski definition) is 6. The van der Waals surface area contributed by atoms with E-state index in [1.54, 1.807) is 19.9 Å². The zero-order valence-corrected chi connectivity index (χ0v) is 15.3. The standard InChI is InChI=1S/C16H24N4O4S/c1-10-8-13(20-24-10)17-15(22)11(2)25-9-14(21)18-19-16(23)12-6-4-3-5-7-12/h8,11-12H,3-7,9H2,1-2H3,(H,18,21)(H,19,23)(H,17,20,22)/t11-/m0/s1. The second-order valence-electron chi connectivity index (χ2n) is 6.14. The van der Waals surface area contributed by atoms with Crippen molar-refractivity contribution in [1.29, 1.82) is 0 Å². The normalized spacial score (nSPS) is 16.1. The molecule has 1 fully saturated rings. The number of hydrogen-bond donors (Lipinski definition) is 3. The highest BCUT2D eigenvalue weighted by molar-refractivity contribution is 8.01. The maximum atomic E-state index is 12.0. The molecule has 3 amide bonds. The van der Waals surface area contributed by atoms with Crippen LogP contribution in [0.25, 0.3) is 0 Å². The molecule has 0 unspecified atom stereocenters. The second kappa shape index (κ2) is 9.45. The quantitative estimate of drug-likeness (QED) is 0.660. The van der Waals surface area contributed by atoms with Crippen molar-refractivity contribution < 1.29 is 18.9 Å². The Balaban J connectivity index is 1.64. The molecule has 1 aromatic heterocycles. The Morgan fingerprint density at radius 3 is 2.64 bits per heavy atom. The van der Waals surface area contributed by atoms with Crippen LogP contribution in [0.5, 0.6) is 0 Å². The lowest BCUT2D eigenvalue weighted by molar-refractivity contribution is -0.131. The van der Waals surface area contributed by atoms with Gasteiger partial charge in [0.15, 0.2) is 5.82 Å². The number of aromatic nitrogens is 1. The molecule has 2 rings (SSSR count). The smallest absolute Gasteiger partial charge is 0.248 e. The molecule has 0 bridgehead atoms. The highest BCUT2D eigenvalue weighted by Crippen LogP contribution is 2.23. The fraction of sp³-hybridized carbons (Fsp3) is 0.625. The highest BCUT2D eigenvalue weighted by atomic mass is 32.2. The summed E-state index contributed by atoms with van der Waals surface area (Å²) in [4.78, 5) is 35.7. The van der Waals surface area contributed by atoms with Crippen LogP contribution in [0, 0.1) is 12.8 Å². The number of carbonyl (C=O) groups is 3. The van der Waals surface area contributed by atoms with Crippen molar-refractivity contribution >= 4 is 35.3 Å². The van der Waals surface area contributed by atoms with Gasteiger partial charge in [-0.05, 0) is 26.7 Å². The maximum Gasteiger partial charge on any atom is 0.248 e. The van der Waals surface area contributed by atoms with E-state index in [1.807, 2.05) is 0 Å². The minimum Gasteiger partial charge on any atom is -0.360 e. The SMILES string of the molecule is Cc1cc(NC(=O)[C@H](C)SCC(=O)NNC(=O)C2CCCCC2)no1. The van der Waals surface area contributed by atoms with Crippen molar-refractivity contribution in [3.8, 4) is 0 Å². The average Bonchev–Trinajstić information content (AvgIpc) is 3.02. The van der Waals surface area contributed by atoms with Crippen LogP contribution < -0.4 is 16.2 Å². The van der Waals surface area contributed by atoms with Crippen LogP contribution in [-0.4, -0.2) is 33.9 Å². The number of nitrogens with one attached hydrogen (secondary N) is 3. The van der Waals surface area contributed by atoms with E-state index in [4.69, 9.17) is 4.52 Å². The first kappa shape index (κ1) is 19.3. The Bertz CT molecular complexity index is 613. The molecular weight excluding hydrogens is 344 g/mol. The number of rotatable bonds is 6. The van der Waals surface area contributed by atoms with Gasteiger partial charge in [0.2, 0.25) is 17.7 Å². The molecule has 8 nitrogen and oxygen atoms in total. The molecule has 3 N–H and O–H groups in total. The van der Waals surface area contributed by atoms with Crippen LogP contribution in [0.4, 0.5) is 5.82 Å². The molecule has 1 aliphatic rings. The highest BCUT2D eigenvalue weighted by Gasteiger charge is 2.22. The molecule has 0 aliphatic heterocycles. The Morgan fingerprint density at radius 1 is 1.28 bits per heavy atom. The van der Waals surface area contributed by atoms with E-state index >= 15 is 0 Å². The lowest BCUT2D eigenvalue weighted by atomic mass is 9.89. The van der Waals surface area contributed by atoms with Crippen LogP contribution in [0.2, 0.25) is 0 Å². The van der Waals surface area contributed by atoms with Gasteiger partial charge in [0.1, 0.15) is 5.76 Å². The van der Waals surface area contributed by atoms with Crippen molar-refractivity contribution in [1.82, 2.24) is 16.0 Å². The lowest BCUT2D eigenvalue weighted by Crippen LogP contribution is -2.45. The predicted molar refractivity (Wildman–Crippen MR) is 94.7 cm³/mol. The number of nitrogens with zero attached hydrogens (tertiary/aromatic N) is 1. The van der Waals surface area contributed by atoms with Crippen LogP contribution in [-0.2, 0) is 14.4 Å². The number of amides is 3. The van der Waals surface area contributed by atoms with Gasteiger partial charge in [-0.2, -0.15) is 0 Å². The molecule has 0 aromatic carbocycles. The zero-order valence-electron chi connectivity index (χ0n) is 14.5. The van der Waals surface area contributed by atoms with Crippen LogP contribution >= 0.6 is 11.8 Å². The summed E-state index contributed by atoms with van der Waals surface area (Å²) in [6.45, 7) is 3.42.